The van der Waals surface area contributed by atoms with Crippen molar-refractivity contribution < 1.29 is 9.53 Å². The van der Waals surface area contributed by atoms with Crippen molar-refractivity contribution in [3.63, 3.8) is 0 Å². The Morgan fingerprint density at radius 2 is 2.12 bits per heavy atom. The summed E-state index contributed by atoms with van der Waals surface area (Å²) < 4.78 is 3.46. The number of alkyl halides is 3. The monoisotopic (exact) mass is 384 g/mol. The molecular formula is C17H15Cl3N2O2. The molecule has 0 unspecified atom stereocenters. The first-order valence-corrected chi connectivity index (χ1v) is 8.45. The Morgan fingerprint density at radius 1 is 1.38 bits per heavy atom. The molecule has 4 nitrogen and oxygen atoms in total. The molecule has 0 bridgehead atoms. The standard InChI is InChI=1S/C17H15Cl3N2O2/c1-2-5-14-15-12(11-6-3-4-7-13(11)21-15)8-9-22(14)16(23)24-10-17(18,19)20/h2-4,6-9,14,21H,1,5,10H2/t14-/m1/s1. The predicted octanol–water partition coefficient (Wildman–Crippen LogP) is 5.58. The van der Waals surface area contributed by atoms with Gasteiger partial charge in [-0.05, 0) is 18.6 Å². The Bertz CT molecular complexity index is 808. The van der Waals surface area contributed by atoms with Gasteiger partial charge in [0, 0.05) is 28.4 Å². The molecule has 1 aliphatic heterocycles. The average molecular weight is 386 g/mol. The number of benzene rings is 1. The topological polar surface area (TPSA) is 45.3 Å². The van der Waals surface area contributed by atoms with E-state index in [1.54, 1.807) is 12.3 Å². The summed E-state index contributed by atoms with van der Waals surface area (Å²) in [6, 6.07) is 7.73. The summed E-state index contributed by atoms with van der Waals surface area (Å²) in [4.78, 5) is 17.2. The molecule has 1 aliphatic rings. The smallest absolute Gasteiger partial charge is 0.414 e. The Hall–Kier alpha value is -1.62. The van der Waals surface area contributed by atoms with Crippen molar-refractivity contribution in [2.45, 2.75) is 16.3 Å². The minimum absolute atomic E-state index is 0.252. The zero-order valence-corrected chi connectivity index (χ0v) is 14.9. The number of fused-ring (bicyclic) bond motifs is 3. The van der Waals surface area contributed by atoms with Crippen LogP contribution in [0.5, 0.6) is 0 Å². The number of para-hydroxylation sites is 1. The molecule has 1 aromatic heterocycles. The van der Waals surface area contributed by atoms with Gasteiger partial charge in [-0.15, -0.1) is 6.58 Å². The van der Waals surface area contributed by atoms with E-state index in [0.29, 0.717) is 6.42 Å². The molecule has 0 fully saturated rings. The first-order valence-electron chi connectivity index (χ1n) is 7.32. The van der Waals surface area contributed by atoms with Gasteiger partial charge in [0.1, 0.15) is 6.61 Å². The van der Waals surface area contributed by atoms with Crippen molar-refractivity contribution >= 4 is 57.9 Å². The highest BCUT2D eigenvalue weighted by molar-refractivity contribution is 6.67. The molecule has 0 radical (unpaired) electrons. The molecule has 24 heavy (non-hydrogen) atoms. The number of H-pyrrole nitrogens is 1. The van der Waals surface area contributed by atoms with Crippen molar-refractivity contribution in [2.24, 2.45) is 0 Å². The van der Waals surface area contributed by atoms with Crippen LogP contribution in [0.2, 0.25) is 0 Å². The lowest BCUT2D eigenvalue weighted by atomic mass is 10.00. The fourth-order valence-electron chi connectivity index (χ4n) is 2.82. The predicted molar refractivity (Wildman–Crippen MR) is 98.4 cm³/mol. The zero-order chi connectivity index (χ0) is 17.3. The third-order valence-corrected chi connectivity index (χ3v) is 4.13. The van der Waals surface area contributed by atoms with Crippen LogP contribution >= 0.6 is 34.8 Å². The van der Waals surface area contributed by atoms with Gasteiger partial charge in [0.05, 0.1) is 6.04 Å². The number of rotatable bonds is 3. The van der Waals surface area contributed by atoms with E-state index in [1.165, 1.54) is 4.90 Å². The number of aromatic nitrogens is 1. The summed E-state index contributed by atoms with van der Waals surface area (Å²) in [7, 11) is 0. The molecule has 126 valence electrons. The van der Waals surface area contributed by atoms with Gasteiger partial charge in [-0.25, -0.2) is 4.79 Å². The Morgan fingerprint density at radius 3 is 2.83 bits per heavy atom. The molecule has 2 heterocycles. The molecule has 1 aromatic carbocycles. The summed E-state index contributed by atoms with van der Waals surface area (Å²) in [5, 5.41) is 1.10. The highest BCUT2D eigenvalue weighted by atomic mass is 35.6. The number of hydrogen-bond acceptors (Lipinski definition) is 2. The fourth-order valence-corrected chi connectivity index (χ4v) is 2.98. The Labute approximate surface area is 154 Å². The van der Waals surface area contributed by atoms with Crippen LogP contribution in [-0.2, 0) is 4.74 Å². The summed E-state index contributed by atoms with van der Waals surface area (Å²) in [5.74, 6) is 0. The van der Waals surface area contributed by atoms with E-state index < -0.39 is 9.89 Å². The number of nitrogens with one attached hydrogen (secondary N) is 1. The molecule has 1 N–H and O–H groups in total. The second-order valence-electron chi connectivity index (χ2n) is 5.43. The van der Waals surface area contributed by atoms with E-state index in [0.717, 1.165) is 22.2 Å². The average Bonchev–Trinajstić information content (AvgIpc) is 2.91. The molecule has 1 amide bonds. The van der Waals surface area contributed by atoms with Crippen LogP contribution in [0.1, 0.15) is 23.7 Å². The molecule has 0 saturated heterocycles. The highest BCUT2D eigenvalue weighted by Crippen LogP contribution is 2.37. The van der Waals surface area contributed by atoms with Gasteiger partial charge >= 0.3 is 6.09 Å². The number of nitrogens with zero attached hydrogens (tertiary/aromatic N) is 1. The van der Waals surface area contributed by atoms with Crippen LogP contribution in [0.25, 0.3) is 17.0 Å². The molecule has 2 aromatic rings. The lowest BCUT2D eigenvalue weighted by Gasteiger charge is -2.30. The molecule has 3 rings (SSSR count). The number of hydrogen-bond donors (Lipinski definition) is 1. The second-order valence-corrected chi connectivity index (χ2v) is 7.95. The van der Waals surface area contributed by atoms with Crippen LogP contribution in [0.15, 0.2) is 43.1 Å². The number of ether oxygens (including phenoxy) is 1. The van der Waals surface area contributed by atoms with Gasteiger partial charge in [0.2, 0.25) is 3.79 Å². The van der Waals surface area contributed by atoms with Crippen molar-refractivity contribution in [1.29, 1.82) is 0 Å². The van der Waals surface area contributed by atoms with Gasteiger partial charge < -0.3 is 9.72 Å². The second kappa shape index (κ2) is 6.71. The number of halogens is 3. The quantitative estimate of drug-likeness (QED) is 0.554. The van der Waals surface area contributed by atoms with E-state index in [9.17, 15) is 4.79 Å². The molecule has 7 heteroatoms. The maximum atomic E-state index is 12.4. The van der Waals surface area contributed by atoms with Crippen molar-refractivity contribution in [3.8, 4) is 0 Å². The van der Waals surface area contributed by atoms with Crippen LogP contribution in [0.3, 0.4) is 0 Å². The molecule has 0 spiro atoms. The first kappa shape index (κ1) is 17.2. The number of aromatic amines is 1. The van der Waals surface area contributed by atoms with E-state index >= 15 is 0 Å². The third-order valence-electron chi connectivity index (χ3n) is 3.81. The van der Waals surface area contributed by atoms with Gasteiger partial charge in [-0.1, -0.05) is 59.1 Å². The fraction of sp³-hybridized carbons (Fsp3) is 0.235. The van der Waals surface area contributed by atoms with Crippen LogP contribution in [-0.4, -0.2) is 26.4 Å². The van der Waals surface area contributed by atoms with Crippen LogP contribution < -0.4 is 0 Å². The summed E-state index contributed by atoms with van der Waals surface area (Å²) >= 11 is 16.9. The summed E-state index contributed by atoms with van der Waals surface area (Å²) in [6.45, 7) is 3.46. The van der Waals surface area contributed by atoms with Gasteiger partial charge in [0.15, 0.2) is 0 Å². The number of carbonyl (C=O) groups is 1. The minimum Gasteiger partial charge on any atom is -0.445 e. The first-order chi connectivity index (χ1) is 11.4. The maximum absolute atomic E-state index is 12.4. The van der Waals surface area contributed by atoms with E-state index in [2.05, 4.69) is 11.6 Å². The largest absolute Gasteiger partial charge is 0.445 e. The van der Waals surface area contributed by atoms with Crippen molar-refractivity contribution in [1.82, 2.24) is 9.88 Å². The van der Waals surface area contributed by atoms with E-state index in [1.807, 2.05) is 30.3 Å². The zero-order valence-electron chi connectivity index (χ0n) is 12.6. The van der Waals surface area contributed by atoms with Crippen molar-refractivity contribution in [2.75, 3.05) is 6.61 Å². The van der Waals surface area contributed by atoms with Gasteiger partial charge in [-0.3, -0.25) is 4.90 Å². The van der Waals surface area contributed by atoms with Gasteiger partial charge in [-0.2, -0.15) is 0 Å². The molecule has 1 atom stereocenters. The summed E-state index contributed by atoms with van der Waals surface area (Å²) in [5.41, 5.74) is 3.00. The lowest BCUT2D eigenvalue weighted by molar-refractivity contribution is 0.106. The Balaban J connectivity index is 1.93. The molecule has 0 saturated carbocycles. The number of carbonyl (C=O) groups excluding carboxylic acids is 1. The maximum Gasteiger partial charge on any atom is 0.414 e. The van der Waals surface area contributed by atoms with Crippen molar-refractivity contribution in [3.05, 3.63) is 54.4 Å². The minimum atomic E-state index is -1.64. The SMILES string of the molecule is C=CC[C@@H]1c2[nH]c3ccccc3c2C=CN1C(=O)OCC(Cl)(Cl)Cl. The van der Waals surface area contributed by atoms with Gasteiger partial charge in [0.25, 0.3) is 0 Å². The van der Waals surface area contributed by atoms with E-state index in [-0.39, 0.29) is 12.6 Å². The van der Waals surface area contributed by atoms with Crippen LogP contribution in [0.4, 0.5) is 4.79 Å². The van der Waals surface area contributed by atoms with E-state index in [4.69, 9.17) is 39.5 Å². The normalized spacial score (nSPS) is 17.0. The lowest BCUT2D eigenvalue weighted by Crippen LogP contribution is -2.34. The Kier molecular flexibility index (Phi) is 4.81. The molecule has 0 aliphatic carbocycles. The number of amides is 1. The highest BCUT2D eigenvalue weighted by Gasteiger charge is 2.32. The third kappa shape index (κ3) is 3.41. The van der Waals surface area contributed by atoms with Crippen LogP contribution in [0, 0.1) is 0 Å². The molecular weight excluding hydrogens is 371 g/mol. The summed E-state index contributed by atoms with van der Waals surface area (Å²) in [6.07, 6.45) is 5.32.